The van der Waals surface area contributed by atoms with Crippen molar-refractivity contribution in [2.45, 2.75) is 63.6 Å². The molecule has 4 aliphatic rings. The Morgan fingerprint density at radius 3 is 2.49 bits per heavy atom. The maximum Gasteiger partial charge on any atom is 0.330 e. The van der Waals surface area contributed by atoms with Crippen LogP contribution in [0.25, 0.3) is 10.1 Å². The monoisotopic (exact) mass is 630 g/mol. The summed E-state index contributed by atoms with van der Waals surface area (Å²) in [5, 5.41) is 11.2. The summed E-state index contributed by atoms with van der Waals surface area (Å²) in [6, 6.07) is 9.75. The molecule has 1 atom stereocenters. The highest BCUT2D eigenvalue weighted by molar-refractivity contribution is 7.17. The predicted octanol–water partition coefficient (Wildman–Crippen LogP) is 4.25. The minimum Gasteiger partial charge on any atom is -0.466 e. The molecular formula is C34H38N4O6S. The lowest BCUT2D eigenvalue weighted by Crippen LogP contribution is -2.56. The first kappa shape index (κ1) is 30.8. The molecule has 3 amide bonds. The van der Waals surface area contributed by atoms with E-state index in [9.17, 15) is 24.0 Å². The smallest absolute Gasteiger partial charge is 0.330 e. The quantitative estimate of drug-likeness (QED) is 0.214. The highest BCUT2D eigenvalue weighted by Crippen LogP contribution is 2.53. The average molecular weight is 631 g/mol. The van der Waals surface area contributed by atoms with E-state index in [-0.39, 0.29) is 30.6 Å². The Bertz CT molecular complexity index is 1660. The molecule has 2 aromatic heterocycles. The standard InChI is InChI=1S/C34H38N4O6S/c1-44-30(40)11-5-3-8-26(35-32(41)25-19-45-28-10-4-2-7-24(25)28)33(42)36-27-9-6-12-38(34(27)43)18-29(39)37-31-22-14-20-13-21(16-22)17-23(31)15-20/h2,4-7,9-12,19-23,26,31H,3,8,13-18H2,1H3,(H,35,41)(H,36,42)(H,37,39)/b11-5+/t20?,21?,22?,23?,26-,31?/m0/s1. The Labute approximate surface area is 265 Å². The number of methoxy groups -OCH3 is 1. The summed E-state index contributed by atoms with van der Waals surface area (Å²) in [6.07, 6.45) is 10.9. The Morgan fingerprint density at radius 2 is 1.76 bits per heavy atom. The fraction of sp³-hybridized carbons (Fsp3) is 0.441. The first-order chi connectivity index (χ1) is 21.8. The minimum absolute atomic E-state index is 0.00950. The van der Waals surface area contributed by atoms with Crippen LogP contribution >= 0.6 is 11.3 Å². The normalized spacial score (nSPS) is 24.0. The van der Waals surface area contributed by atoms with Crippen molar-refractivity contribution in [3.8, 4) is 0 Å². The number of benzene rings is 1. The number of hydrogen-bond acceptors (Lipinski definition) is 7. The molecule has 45 heavy (non-hydrogen) atoms. The van der Waals surface area contributed by atoms with Crippen LogP contribution in [0.2, 0.25) is 0 Å². The molecule has 236 valence electrons. The number of aromatic nitrogens is 1. The van der Waals surface area contributed by atoms with Gasteiger partial charge in [-0.25, -0.2) is 4.79 Å². The zero-order valence-electron chi connectivity index (χ0n) is 25.2. The van der Waals surface area contributed by atoms with Crippen molar-refractivity contribution < 1.29 is 23.9 Å². The van der Waals surface area contributed by atoms with Crippen molar-refractivity contribution in [3.05, 3.63) is 76.0 Å². The van der Waals surface area contributed by atoms with Gasteiger partial charge in [-0.3, -0.25) is 19.2 Å². The van der Waals surface area contributed by atoms with Gasteiger partial charge in [0.15, 0.2) is 0 Å². The van der Waals surface area contributed by atoms with E-state index in [1.165, 1.54) is 73.5 Å². The van der Waals surface area contributed by atoms with Crippen molar-refractivity contribution >= 4 is 50.8 Å². The molecule has 4 bridgehead atoms. The van der Waals surface area contributed by atoms with Crippen LogP contribution in [0.1, 0.15) is 55.3 Å². The van der Waals surface area contributed by atoms with Gasteiger partial charge in [-0.2, -0.15) is 0 Å². The second-order valence-corrected chi connectivity index (χ2v) is 13.5. The van der Waals surface area contributed by atoms with Crippen LogP contribution in [0, 0.1) is 23.7 Å². The van der Waals surface area contributed by atoms with Gasteiger partial charge in [-0.05, 0) is 86.8 Å². The molecule has 0 radical (unpaired) electrons. The number of carbonyl (C=O) groups excluding carboxylic acids is 4. The van der Waals surface area contributed by atoms with Crippen LogP contribution < -0.4 is 21.5 Å². The molecule has 4 fully saturated rings. The predicted molar refractivity (Wildman–Crippen MR) is 172 cm³/mol. The number of hydrogen-bond donors (Lipinski definition) is 3. The van der Waals surface area contributed by atoms with E-state index in [0.29, 0.717) is 23.8 Å². The Morgan fingerprint density at radius 1 is 1.02 bits per heavy atom. The SMILES string of the molecule is COC(=O)/C=C/CC[C@H](NC(=O)c1csc2ccccc12)C(=O)Nc1cccn(CC(=O)NC2C3CC4CC(C3)CC2C4)c1=O. The second-order valence-electron chi connectivity index (χ2n) is 12.5. The summed E-state index contributed by atoms with van der Waals surface area (Å²) in [5.41, 5.74) is -0.0495. The summed E-state index contributed by atoms with van der Waals surface area (Å²) in [6.45, 7) is -0.144. The molecule has 3 N–H and O–H groups in total. The van der Waals surface area contributed by atoms with Crippen LogP contribution in [0.5, 0.6) is 0 Å². The van der Waals surface area contributed by atoms with E-state index in [0.717, 1.165) is 21.9 Å². The molecule has 11 heteroatoms. The fourth-order valence-electron chi connectivity index (χ4n) is 7.69. The molecule has 0 unspecified atom stereocenters. The maximum atomic E-state index is 13.5. The first-order valence-corrected chi connectivity index (χ1v) is 16.5. The number of pyridine rings is 1. The number of amides is 3. The summed E-state index contributed by atoms with van der Waals surface area (Å²) in [7, 11) is 1.27. The van der Waals surface area contributed by atoms with Gasteiger partial charge in [0.1, 0.15) is 18.3 Å². The van der Waals surface area contributed by atoms with Gasteiger partial charge in [0.2, 0.25) is 11.8 Å². The van der Waals surface area contributed by atoms with E-state index in [4.69, 9.17) is 0 Å². The minimum atomic E-state index is -1.01. The van der Waals surface area contributed by atoms with Crippen LogP contribution in [0.3, 0.4) is 0 Å². The summed E-state index contributed by atoms with van der Waals surface area (Å²) >= 11 is 1.43. The third-order valence-electron chi connectivity index (χ3n) is 9.57. The number of esters is 1. The van der Waals surface area contributed by atoms with Crippen molar-refractivity contribution in [2.24, 2.45) is 23.7 Å². The molecule has 0 aliphatic heterocycles. The molecule has 0 spiro atoms. The van der Waals surface area contributed by atoms with Gasteiger partial charge in [0, 0.05) is 33.8 Å². The van der Waals surface area contributed by atoms with Crippen molar-refractivity contribution in [1.82, 2.24) is 15.2 Å². The second kappa shape index (κ2) is 13.4. The number of ether oxygens (including phenoxy) is 1. The number of carbonyl (C=O) groups is 4. The number of nitrogens with one attached hydrogen (secondary N) is 3. The number of fused-ring (bicyclic) bond motifs is 1. The lowest BCUT2D eigenvalue weighted by molar-refractivity contribution is -0.134. The average Bonchev–Trinajstić information content (AvgIpc) is 3.46. The summed E-state index contributed by atoms with van der Waals surface area (Å²) in [4.78, 5) is 64.7. The summed E-state index contributed by atoms with van der Waals surface area (Å²) in [5.74, 6) is 0.906. The van der Waals surface area contributed by atoms with Gasteiger partial charge in [0.05, 0.1) is 12.7 Å². The fourth-order valence-corrected chi connectivity index (χ4v) is 8.63. The van der Waals surface area contributed by atoms with Gasteiger partial charge in [0.25, 0.3) is 11.5 Å². The van der Waals surface area contributed by atoms with E-state index < -0.39 is 29.4 Å². The molecule has 3 aromatic rings. The van der Waals surface area contributed by atoms with E-state index in [1.54, 1.807) is 17.5 Å². The Hall–Kier alpha value is -4.25. The molecule has 4 aliphatic carbocycles. The molecular weight excluding hydrogens is 592 g/mol. The molecule has 1 aromatic carbocycles. The largest absolute Gasteiger partial charge is 0.466 e. The first-order valence-electron chi connectivity index (χ1n) is 15.6. The number of anilines is 1. The topological polar surface area (TPSA) is 136 Å². The van der Waals surface area contributed by atoms with Gasteiger partial charge >= 0.3 is 5.97 Å². The lowest BCUT2D eigenvalue weighted by atomic mass is 9.54. The van der Waals surface area contributed by atoms with Crippen molar-refractivity contribution in [1.29, 1.82) is 0 Å². The molecule has 0 saturated heterocycles. The molecule has 10 nitrogen and oxygen atoms in total. The number of thiophene rings is 1. The zero-order valence-corrected chi connectivity index (χ0v) is 26.0. The van der Waals surface area contributed by atoms with Gasteiger partial charge in [-0.15, -0.1) is 11.3 Å². The van der Waals surface area contributed by atoms with E-state index >= 15 is 0 Å². The van der Waals surface area contributed by atoms with Gasteiger partial charge in [-0.1, -0.05) is 24.3 Å². The number of rotatable bonds is 11. The number of allylic oxidation sites excluding steroid dienone is 1. The molecule has 2 heterocycles. The van der Waals surface area contributed by atoms with Crippen LogP contribution in [-0.2, 0) is 25.7 Å². The van der Waals surface area contributed by atoms with E-state index in [1.807, 2.05) is 24.3 Å². The Kier molecular flexibility index (Phi) is 9.16. The molecule has 7 rings (SSSR count). The van der Waals surface area contributed by atoms with Gasteiger partial charge < -0.3 is 25.3 Å². The molecule has 4 saturated carbocycles. The van der Waals surface area contributed by atoms with Crippen molar-refractivity contribution in [2.75, 3.05) is 12.4 Å². The van der Waals surface area contributed by atoms with Crippen LogP contribution in [0.4, 0.5) is 5.69 Å². The van der Waals surface area contributed by atoms with Crippen LogP contribution in [0.15, 0.2) is 64.9 Å². The van der Waals surface area contributed by atoms with Crippen LogP contribution in [-0.4, -0.2) is 47.5 Å². The maximum absolute atomic E-state index is 13.5. The third-order valence-corrected chi connectivity index (χ3v) is 10.5. The van der Waals surface area contributed by atoms with E-state index in [2.05, 4.69) is 20.7 Å². The number of nitrogens with zero attached hydrogens (tertiary/aromatic N) is 1. The third kappa shape index (κ3) is 6.88. The lowest BCUT2D eigenvalue weighted by Gasteiger charge is -2.54. The highest BCUT2D eigenvalue weighted by atomic mass is 32.1. The van der Waals surface area contributed by atoms with Crippen molar-refractivity contribution in [3.63, 3.8) is 0 Å². The highest BCUT2D eigenvalue weighted by Gasteiger charge is 2.48. The Balaban J connectivity index is 1.13. The zero-order chi connectivity index (χ0) is 31.5. The summed E-state index contributed by atoms with van der Waals surface area (Å²) < 4.78 is 6.86.